The fourth-order valence-electron chi connectivity index (χ4n) is 0. The molecular formula is C2H4NO5Y-. The predicted octanol–water partition coefficient (Wildman–Crippen LogP) is -0.650. The Morgan fingerprint density at radius 3 is 1.89 bits per heavy atom. The third-order valence-electron chi connectivity index (χ3n) is 0.0833. The van der Waals surface area contributed by atoms with Crippen molar-refractivity contribution in [1.29, 1.82) is 0 Å². The van der Waals surface area contributed by atoms with Crippen molar-refractivity contribution in [3.8, 4) is 0 Å². The SMILES string of the molecule is CO[C-]=O.O=[N+]([O-])O.[Y]. The van der Waals surface area contributed by atoms with E-state index in [0.29, 0.717) is 0 Å². The molecule has 0 aliphatic rings. The topological polar surface area (TPSA) is 89.7 Å². The monoisotopic (exact) mass is 211 g/mol. The molecule has 7 heteroatoms. The second-order valence-corrected chi connectivity index (χ2v) is 0.525. The van der Waals surface area contributed by atoms with Gasteiger partial charge in [0.25, 0.3) is 5.09 Å². The van der Waals surface area contributed by atoms with Crippen LogP contribution in [0, 0.1) is 10.1 Å². The summed E-state index contributed by atoms with van der Waals surface area (Å²) in [6.07, 6.45) is 0. The molecular weight excluding hydrogens is 207 g/mol. The number of ether oxygens (including phenoxy) is 1. The molecule has 0 aliphatic heterocycles. The minimum atomic E-state index is -1.50. The van der Waals surface area contributed by atoms with Crippen LogP contribution in [0.3, 0.4) is 0 Å². The van der Waals surface area contributed by atoms with Gasteiger partial charge in [-0.25, -0.2) is 0 Å². The van der Waals surface area contributed by atoms with E-state index >= 15 is 0 Å². The molecule has 0 heterocycles. The first-order valence-electron chi connectivity index (χ1n) is 1.38. The maximum absolute atomic E-state index is 8.83. The van der Waals surface area contributed by atoms with Crippen LogP contribution >= 0.6 is 0 Å². The number of hydrogen-bond donors (Lipinski definition) is 1. The van der Waals surface area contributed by atoms with Crippen LogP contribution in [0.15, 0.2) is 0 Å². The van der Waals surface area contributed by atoms with Gasteiger partial charge in [0.15, 0.2) is 0 Å². The van der Waals surface area contributed by atoms with Crippen molar-refractivity contribution >= 4 is 6.47 Å². The molecule has 0 aromatic heterocycles. The predicted molar refractivity (Wildman–Crippen MR) is 21.5 cm³/mol. The van der Waals surface area contributed by atoms with E-state index in [4.69, 9.17) is 20.1 Å². The van der Waals surface area contributed by atoms with Gasteiger partial charge in [0.05, 0.1) is 0 Å². The molecule has 0 fully saturated rings. The summed E-state index contributed by atoms with van der Waals surface area (Å²) in [4.78, 5) is 17.2. The van der Waals surface area contributed by atoms with Crippen LogP contribution in [0.2, 0.25) is 0 Å². The first-order chi connectivity index (χ1) is 3.65. The first-order valence-corrected chi connectivity index (χ1v) is 1.38. The minimum Gasteiger partial charge on any atom is -0.655 e. The molecule has 0 spiro atoms. The van der Waals surface area contributed by atoms with E-state index in [1.54, 1.807) is 0 Å². The number of hydrogen-bond acceptors (Lipinski definition) is 4. The third kappa shape index (κ3) is 433. The summed E-state index contributed by atoms with van der Waals surface area (Å²) < 4.78 is 3.74. The maximum atomic E-state index is 8.83. The van der Waals surface area contributed by atoms with Crippen LogP contribution in [-0.4, -0.2) is 23.9 Å². The minimum absolute atomic E-state index is 0. The summed E-state index contributed by atoms with van der Waals surface area (Å²) in [6.45, 7) is 1.18. The van der Waals surface area contributed by atoms with Gasteiger partial charge in [-0.3, -0.25) is 0 Å². The summed E-state index contributed by atoms with van der Waals surface area (Å²) in [5.41, 5.74) is 0. The fraction of sp³-hybridized carbons (Fsp3) is 0.500. The smallest absolute Gasteiger partial charge is 0.291 e. The molecule has 51 valence electrons. The molecule has 0 amide bonds. The Morgan fingerprint density at radius 2 is 1.89 bits per heavy atom. The van der Waals surface area contributed by atoms with Crippen molar-refractivity contribution < 1.29 is 52.5 Å². The van der Waals surface area contributed by atoms with E-state index in [0.717, 1.165) is 0 Å². The van der Waals surface area contributed by atoms with Crippen molar-refractivity contribution in [3.63, 3.8) is 0 Å². The number of nitrogens with zero attached hydrogens (tertiary/aromatic N) is 1. The zero-order chi connectivity index (χ0) is 6.99. The van der Waals surface area contributed by atoms with Crippen LogP contribution in [-0.2, 0) is 42.2 Å². The number of carbonyl (C=O) groups excluding carboxylic acids is 1. The Labute approximate surface area is 76.2 Å². The maximum Gasteiger partial charge on any atom is 0.291 e. The summed E-state index contributed by atoms with van der Waals surface area (Å²) in [6, 6.07) is 0. The molecule has 0 aliphatic carbocycles. The number of rotatable bonds is 1. The molecule has 0 unspecified atom stereocenters. The van der Waals surface area contributed by atoms with Gasteiger partial charge in [-0.1, -0.05) is 6.47 Å². The van der Waals surface area contributed by atoms with Gasteiger partial charge < -0.3 is 14.7 Å². The van der Waals surface area contributed by atoms with Gasteiger partial charge in [-0.05, 0) is 0 Å². The Morgan fingerprint density at radius 1 is 1.78 bits per heavy atom. The van der Waals surface area contributed by atoms with E-state index in [9.17, 15) is 0 Å². The Bertz CT molecular complexity index is 71.4. The van der Waals surface area contributed by atoms with Gasteiger partial charge in [0, 0.05) is 39.8 Å². The van der Waals surface area contributed by atoms with Crippen LogP contribution in [0.1, 0.15) is 0 Å². The molecule has 0 atom stereocenters. The first kappa shape index (κ1) is 15.9. The summed E-state index contributed by atoms with van der Waals surface area (Å²) in [5.74, 6) is 0. The second kappa shape index (κ2) is 15.7. The molecule has 0 saturated carbocycles. The van der Waals surface area contributed by atoms with Crippen molar-refractivity contribution in [3.05, 3.63) is 10.1 Å². The van der Waals surface area contributed by atoms with Crippen LogP contribution in [0.4, 0.5) is 0 Å². The summed E-state index contributed by atoms with van der Waals surface area (Å²) >= 11 is 0. The van der Waals surface area contributed by atoms with Crippen molar-refractivity contribution in [2.45, 2.75) is 0 Å². The van der Waals surface area contributed by atoms with Crippen LogP contribution in [0.5, 0.6) is 0 Å². The summed E-state index contributed by atoms with van der Waals surface area (Å²) in [7, 11) is 1.26. The summed E-state index contributed by atoms with van der Waals surface area (Å²) in [5, 5.41) is 13.6. The Balaban J connectivity index is -0.0000000720. The average molecular weight is 211 g/mol. The quantitative estimate of drug-likeness (QED) is 0.353. The molecule has 0 aromatic carbocycles. The molecule has 6 nitrogen and oxygen atoms in total. The molecule has 0 rings (SSSR count). The van der Waals surface area contributed by atoms with Crippen LogP contribution in [0.25, 0.3) is 0 Å². The van der Waals surface area contributed by atoms with E-state index in [1.165, 1.54) is 13.6 Å². The fourth-order valence-corrected chi connectivity index (χ4v) is 0. The van der Waals surface area contributed by atoms with Gasteiger partial charge in [0.1, 0.15) is 0 Å². The molecule has 0 saturated heterocycles. The van der Waals surface area contributed by atoms with E-state index in [-0.39, 0.29) is 32.7 Å². The standard InChI is InChI=1S/C2H3O2.HNO3.Y/c1-4-2-3;2-1(3)4;/h1H3;(H,2,3,4);/q-1;;. The third-order valence-corrected chi connectivity index (χ3v) is 0.0833. The average Bonchev–Trinajstić information content (AvgIpc) is 1.65. The van der Waals surface area contributed by atoms with Crippen molar-refractivity contribution in [2.24, 2.45) is 0 Å². The zero-order valence-electron chi connectivity index (χ0n) is 4.60. The second-order valence-electron chi connectivity index (χ2n) is 0.525. The van der Waals surface area contributed by atoms with Gasteiger partial charge in [0.2, 0.25) is 0 Å². The van der Waals surface area contributed by atoms with Gasteiger partial charge >= 0.3 is 0 Å². The zero-order valence-corrected chi connectivity index (χ0v) is 7.44. The normalized spacial score (nSPS) is 5.00. The van der Waals surface area contributed by atoms with Crippen molar-refractivity contribution in [1.82, 2.24) is 0 Å². The van der Waals surface area contributed by atoms with E-state index in [2.05, 4.69) is 4.74 Å². The Hall–Kier alpha value is -0.226. The Kier molecular flexibility index (Phi) is 27.7. The molecule has 9 heavy (non-hydrogen) atoms. The van der Waals surface area contributed by atoms with E-state index in [1.807, 2.05) is 0 Å². The van der Waals surface area contributed by atoms with Crippen molar-refractivity contribution in [2.75, 3.05) is 7.11 Å². The largest absolute Gasteiger partial charge is 0.655 e. The van der Waals surface area contributed by atoms with Crippen LogP contribution < -0.4 is 0 Å². The van der Waals surface area contributed by atoms with Gasteiger partial charge in [-0.2, -0.15) is 0 Å². The van der Waals surface area contributed by atoms with Gasteiger partial charge in [-0.15, -0.1) is 10.1 Å². The molecule has 1 radical (unpaired) electrons. The van der Waals surface area contributed by atoms with E-state index < -0.39 is 5.09 Å². The number of methoxy groups -OCH3 is 1. The molecule has 0 aromatic rings. The molecule has 1 N–H and O–H groups in total. The molecule has 0 bridgehead atoms.